The van der Waals surface area contributed by atoms with Crippen LogP contribution in [0.1, 0.15) is 6.42 Å². The maximum absolute atomic E-state index is 11.4. The monoisotopic (exact) mass is 236 g/mol. The summed E-state index contributed by atoms with van der Waals surface area (Å²) in [6.07, 6.45) is -0.668. The van der Waals surface area contributed by atoms with E-state index in [-0.39, 0.29) is 0 Å². The zero-order chi connectivity index (χ0) is 12.2. The Kier molecular flexibility index (Phi) is 4.72. The van der Waals surface area contributed by atoms with Gasteiger partial charge >= 0.3 is 11.9 Å². The summed E-state index contributed by atoms with van der Waals surface area (Å²) < 4.78 is 0. The minimum absolute atomic E-state index is 0.450. The van der Waals surface area contributed by atoms with E-state index >= 15 is 0 Å². The number of carboxylic acids is 2. The van der Waals surface area contributed by atoms with Gasteiger partial charge in [-0.05, 0) is 0 Å². The summed E-state index contributed by atoms with van der Waals surface area (Å²) >= 11 is 3.64. The van der Waals surface area contributed by atoms with E-state index in [9.17, 15) is 14.4 Å². The Morgan fingerprint density at radius 3 is 2.07 bits per heavy atom. The number of thiol groups is 1. The Hall–Kier alpha value is -1.12. The highest BCUT2D eigenvalue weighted by Crippen LogP contribution is 2.09. The van der Waals surface area contributed by atoms with Gasteiger partial charge in [0, 0.05) is 5.75 Å². The van der Waals surface area contributed by atoms with Crippen LogP contribution in [0.15, 0.2) is 0 Å². The number of hydrogen-bond donors (Lipinski definition) is 5. The van der Waals surface area contributed by atoms with Gasteiger partial charge < -0.3 is 21.7 Å². The summed E-state index contributed by atoms with van der Waals surface area (Å²) in [6.45, 7) is 0. The van der Waals surface area contributed by atoms with E-state index in [2.05, 4.69) is 12.6 Å². The van der Waals surface area contributed by atoms with Gasteiger partial charge in [-0.15, -0.1) is 0 Å². The number of ketones is 1. The number of carboxylic acid groups (broad SMARTS) is 2. The van der Waals surface area contributed by atoms with Crippen molar-refractivity contribution in [3.8, 4) is 0 Å². The molecule has 0 saturated heterocycles. The van der Waals surface area contributed by atoms with Gasteiger partial charge in [-0.3, -0.25) is 9.59 Å². The van der Waals surface area contributed by atoms with Crippen molar-refractivity contribution in [1.29, 1.82) is 0 Å². The first kappa shape index (κ1) is 13.9. The molecular formula is C7H12N2O5S. The van der Waals surface area contributed by atoms with Crippen molar-refractivity contribution < 1.29 is 24.6 Å². The summed E-state index contributed by atoms with van der Waals surface area (Å²) in [6, 6.07) is -1.45. The molecule has 0 aromatic rings. The van der Waals surface area contributed by atoms with Crippen LogP contribution in [-0.2, 0) is 14.4 Å². The molecule has 0 aromatic carbocycles. The average Bonchev–Trinajstić information content (AvgIpc) is 2.13. The molecule has 6 N–H and O–H groups in total. The van der Waals surface area contributed by atoms with E-state index in [1.165, 1.54) is 0 Å². The Labute approximate surface area is 90.8 Å². The fourth-order valence-corrected chi connectivity index (χ4v) is 1.15. The normalized spacial score (nSPS) is 16.5. The molecule has 8 heteroatoms. The number of carbonyl (C=O) groups is 3. The minimum Gasteiger partial charge on any atom is -0.481 e. The van der Waals surface area contributed by atoms with Crippen molar-refractivity contribution in [3.63, 3.8) is 0 Å². The van der Waals surface area contributed by atoms with Crippen LogP contribution >= 0.6 is 12.6 Å². The molecule has 0 aliphatic heterocycles. The molecule has 0 radical (unpaired) electrons. The van der Waals surface area contributed by atoms with Gasteiger partial charge in [0.1, 0.15) is 0 Å². The maximum Gasteiger partial charge on any atom is 0.332 e. The van der Waals surface area contributed by atoms with Crippen molar-refractivity contribution in [2.75, 3.05) is 5.75 Å². The molecule has 7 nitrogen and oxygen atoms in total. The number of aliphatic carboxylic acids is 2. The molecule has 0 saturated carbocycles. The standard InChI is InChI=1S/C7H12N2O5S/c8-3(1-4(10)11)5(12)7(9,2-15)6(13)14/h3,15H,1-2,8-9H2,(H,10,11)(H,13,14). The second kappa shape index (κ2) is 5.10. The summed E-state index contributed by atoms with van der Waals surface area (Å²) in [5, 5.41) is 17.1. The van der Waals surface area contributed by atoms with E-state index in [4.69, 9.17) is 21.7 Å². The smallest absolute Gasteiger partial charge is 0.332 e. The van der Waals surface area contributed by atoms with Gasteiger partial charge in [0.15, 0.2) is 11.3 Å². The molecule has 15 heavy (non-hydrogen) atoms. The van der Waals surface area contributed by atoms with E-state index in [1.807, 2.05) is 0 Å². The van der Waals surface area contributed by atoms with E-state index < -0.39 is 41.5 Å². The van der Waals surface area contributed by atoms with Gasteiger partial charge in [0.2, 0.25) is 0 Å². The fourth-order valence-electron chi connectivity index (χ4n) is 0.863. The van der Waals surface area contributed by atoms with Crippen LogP contribution in [0.25, 0.3) is 0 Å². The lowest BCUT2D eigenvalue weighted by molar-refractivity contribution is -0.149. The lowest BCUT2D eigenvalue weighted by Crippen LogP contribution is -2.61. The van der Waals surface area contributed by atoms with Crippen LogP contribution in [0.4, 0.5) is 0 Å². The highest BCUT2D eigenvalue weighted by molar-refractivity contribution is 7.80. The molecule has 0 bridgehead atoms. The van der Waals surface area contributed by atoms with E-state index in [0.717, 1.165) is 0 Å². The Bertz CT molecular complexity index is 295. The Morgan fingerprint density at radius 1 is 1.33 bits per heavy atom. The second-order valence-electron chi connectivity index (χ2n) is 3.00. The summed E-state index contributed by atoms with van der Waals surface area (Å²) in [5.41, 5.74) is 8.23. The molecule has 2 unspecified atom stereocenters. The van der Waals surface area contributed by atoms with Gasteiger partial charge in [0.25, 0.3) is 0 Å². The van der Waals surface area contributed by atoms with Gasteiger partial charge in [-0.1, -0.05) is 0 Å². The largest absolute Gasteiger partial charge is 0.481 e. The quantitative estimate of drug-likeness (QED) is 0.267. The lowest BCUT2D eigenvalue weighted by atomic mass is 9.91. The molecule has 0 amide bonds. The number of Topliss-reactive ketones (excluding diaryl/α,β-unsaturated/α-hetero) is 1. The molecule has 0 aliphatic rings. The Balaban J connectivity index is 4.80. The molecule has 0 aliphatic carbocycles. The van der Waals surface area contributed by atoms with Gasteiger partial charge in [0.05, 0.1) is 12.5 Å². The fraction of sp³-hybridized carbons (Fsp3) is 0.571. The van der Waals surface area contributed by atoms with Crippen molar-refractivity contribution in [2.24, 2.45) is 11.5 Å². The zero-order valence-corrected chi connectivity index (χ0v) is 8.61. The minimum atomic E-state index is -2.24. The summed E-state index contributed by atoms with van der Waals surface area (Å²) in [5.74, 6) is -4.38. The molecule has 0 fully saturated rings. The topological polar surface area (TPSA) is 144 Å². The van der Waals surface area contributed by atoms with Crippen LogP contribution in [0, 0.1) is 0 Å². The van der Waals surface area contributed by atoms with Crippen molar-refractivity contribution in [1.82, 2.24) is 0 Å². The SMILES string of the molecule is NC(CC(=O)O)C(=O)C(N)(CS)C(=O)O. The first-order chi connectivity index (χ1) is 6.75. The predicted octanol–water partition coefficient (Wildman–Crippen LogP) is -1.93. The van der Waals surface area contributed by atoms with Crippen LogP contribution in [-0.4, -0.2) is 45.3 Å². The first-order valence-corrected chi connectivity index (χ1v) is 4.53. The van der Waals surface area contributed by atoms with Crippen LogP contribution in [0.3, 0.4) is 0 Å². The third kappa shape index (κ3) is 3.18. The third-order valence-corrected chi connectivity index (χ3v) is 2.30. The average molecular weight is 236 g/mol. The molecule has 2 atom stereocenters. The first-order valence-electron chi connectivity index (χ1n) is 3.90. The number of nitrogens with two attached hydrogens (primary N) is 2. The Morgan fingerprint density at radius 2 is 1.80 bits per heavy atom. The predicted molar refractivity (Wildman–Crippen MR) is 53.6 cm³/mol. The maximum atomic E-state index is 11.4. The number of carbonyl (C=O) groups excluding carboxylic acids is 1. The number of rotatable bonds is 6. The zero-order valence-electron chi connectivity index (χ0n) is 7.71. The summed E-state index contributed by atoms with van der Waals surface area (Å²) in [4.78, 5) is 32.4. The molecule has 0 spiro atoms. The third-order valence-electron chi connectivity index (χ3n) is 1.80. The van der Waals surface area contributed by atoms with Gasteiger partial charge in [-0.25, -0.2) is 4.79 Å². The molecule has 86 valence electrons. The van der Waals surface area contributed by atoms with Crippen molar-refractivity contribution in [2.45, 2.75) is 18.0 Å². The lowest BCUT2D eigenvalue weighted by Gasteiger charge is -2.23. The molecule has 0 aromatic heterocycles. The van der Waals surface area contributed by atoms with Crippen LogP contribution < -0.4 is 11.5 Å². The highest BCUT2D eigenvalue weighted by Gasteiger charge is 2.43. The second-order valence-corrected chi connectivity index (χ2v) is 3.32. The van der Waals surface area contributed by atoms with Crippen molar-refractivity contribution in [3.05, 3.63) is 0 Å². The van der Waals surface area contributed by atoms with E-state index in [1.54, 1.807) is 0 Å². The molecule has 0 heterocycles. The molecular weight excluding hydrogens is 224 g/mol. The number of hydrogen-bond acceptors (Lipinski definition) is 6. The van der Waals surface area contributed by atoms with Gasteiger partial charge in [-0.2, -0.15) is 12.6 Å². The van der Waals surface area contributed by atoms with E-state index in [0.29, 0.717) is 0 Å². The molecule has 0 rings (SSSR count). The summed E-state index contributed by atoms with van der Waals surface area (Å²) in [7, 11) is 0. The van der Waals surface area contributed by atoms with Crippen LogP contribution in [0.5, 0.6) is 0 Å². The highest BCUT2D eigenvalue weighted by atomic mass is 32.1. The van der Waals surface area contributed by atoms with Crippen LogP contribution in [0.2, 0.25) is 0 Å². The van der Waals surface area contributed by atoms with Crippen molar-refractivity contribution >= 4 is 30.4 Å².